The molecular formula is C14H9NO2. The fraction of sp³-hybridized carbons (Fsp3) is 0. The van der Waals surface area contributed by atoms with Gasteiger partial charge in [0.25, 0.3) is 0 Å². The second-order valence-corrected chi connectivity index (χ2v) is 3.73. The molecule has 0 aliphatic heterocycles. The maximum atomic E-state index is 12.2. The number of benzene rings is 2. The zero-order valence-electron chi connectivity index (χ0n) is 8.96. The third-order valence-electron chi connectivity index (χ3n) is 2.63. The van der Waals surface area contributed by atoms with Crippen LogP contribution in [0.5, 0.6) is 0 Å². The minimum absolute atomic E-state index is 0.00417. The lowest BCUT2D eigenvalue weighted by Crippen LogP contribution is -2.00. The quantitative estimate of drug-likeness (QED) is 0.627. The van der Waals surface area contributed by atoms with Crippen LogP contribution in [-0.2, 0) is 0 Å². The van der Waals surface area contributed by atoms with Crippen molar-refractivity contribution in [3.63, 3.8) is 0 Å². The average molecular weight is 223 g/mol. The molecule has 2 aromatic carbocycles. The SMILES string of the molecule is O=C(c1ccccc1)c1ccc2ocnc2c1. The number of carbonyl (C=O) groups excluding carboxylic acids is 1. The fourth-order valence-corrected chi connectivity index (χ4v) is 1.76. The zero-order valence-corrected chi connectivity index (χ0v) is 8.96. The van der Waals surface area contributed by atoms with Gasteiger partial charge in [-0.05, 0) is 18.2 Å². The van der Waals surface area contributed by atoms with Gasteiger partial charge in [0.2, 0.25) is 0 Å². The van der Waals surface area contributed by atoms with E-state index < -0.39 is 0 Å². The number of carbonyl (C=O) groups is 1. The first-order chi connectivity index (χ1) is 8.34. The van der Waals surface area contributed by atoms with Crippen molar-refractivity contribution in [1.82, 2.24) is 4.98 Å². The highest BCUT2D eigenvalue weighted by molar-refractivity contribution is 6.10. The van der Waals surface area contributed by atoms with Crippen LogP contribution in [0.1, 0.15) is 15.9 Å². The highest BCUT2D eigenvalue weighted by Gasteiger charge is 2.10. The average Bonchev–Trinajstić information content (AvgIpc) is 2.86. The molecule has 0 unspecified atom stereocenters. The second-order valence-electron chi connectivity index (χ2n) is 3.73. The Kier molecular flexibility index (Phi) is 2.22. The van der Waals surface area contributed by atoms with Crippen molar-refractivity contribution in [2.24, 2.45) is 0 Å². The Hall–Kier alpha value is -2.42. The van der Waals surface area contributed by atoms with E-state index in [0.29, 0.717) is 22.2 Å². The molecule has 3 nitrogen and oxygen atoms in total. The van der Waals surface area contributed by atoms with Gasteiger partial charge in [0.1, 0.15) is 5.52 Å². The summed E-state index contributed by atoms with van der Waals surface area (Å²) >= 11 is 0. The van der Waals surface area contributed by atoms with Crippen molar-refractivity contribution < 1.29 is 9.21 Å². The normalized spacial score (nSPS) is 10.6. The molecule has 0 bridgehead atoms. The van der Waals surface area contributed by atoms with Crippen molar-refractivity contribution in [3.05, 3.63) is 66.1 Å². The van der Waals surface area contributed by atoms with Crippen LogP contribution in [0.4, 0.5) is 0 Å². The lowest BCUT2D eigenvalue weighted by Gasteiger charge is -2.00. The van der Waals surface area contributed by atoms with Crippen molar-refractivity contribution in [3.8, 4) is 0 Å². The number of hydrogen-bond donors (Lipinski definition) is 0. The van der Waals surface area contributed by atoms with Gasteiger partial charge < -0.3 is 4.42 Å². The maximum Gasteiger partial charge on any atom is 0.193 e. The van der Waals surface area contributed by atoms with Crippen LogP contribution in [0.3, 0.4) is 0 Å². The third-order valence-corrected chi connectivity index (χ3v) is 2.63. The number of aromatic nitrogens is 1. The summed E-state index contributed by atoms with van der Waals surface area (Å²) in [6, 6.07) is 14.4. The van der Waals surface area contributed by atoms with E-state index in [-0.39, 0.29) is 5.78 Å². The number of fused-ring (bicyclic) bond motifs is 1. The zero-order chi connectivity index (χ0) is 11.7. The van der Waals surface area contributed by atoms with E-state index >= 15 is 0 Å². The van der Waals surface area contributed by atoms with Gasteiger partial charge in [-0.1, -0.05) is 30.3 Å². The van der Waals surface area contributed by atoms with Gasteiger partial charge in [-0.2, -0.15) is 0 Å². The number of oxazole rings is 1. The van der Waals surface area contributed by atoms with Crippen molar-refractivity contribution in [2.45, 2.75) is 0 Å². The Morgan fingerprint density at radius 2 is 1.82 bits per heavy atom. The van der Waals surface area contributed by atoms with Crippen LogP contribution in [0.2, 0.25) is 0 Å². The Bertz CT molecular complexity index is 671. The summed E-state index contributed by atoms with van der Waals surface area (Å²) in [6.07, 6.45) is 1.38. The molecule has 0 fully saturated rings. The molecule has 3 aromatic rings. The standard InChI is InChI=1S/C14H9NO2/c16-14(10-4-2-1-3-5-10)11-6-7-13-12(8-11)15-9-17-13/h1-9H. The molecule has 0 saturated carbocycles. The molecule has 0 N–H and O–H groups in total. The largest absolute Gasteiger partial charge is 0.443 e. The lowest BCUT2D eigenvalue weighted by molar-refractivity contribution is 0.103. The van der Waals surface area contributed by atoms with Gasteiger partial charge in [-0.15, -0.1) is 0 Å². The summed E-state index contributed by atoms with van der Waals surface area (Å²) in [7, 11) is 0. The molecule has 0 amide bonds. The molecule has 1 aromatic heterocycles. The molecule has 0 atom stereocenters. The van der Waals surface area contributed by atoms with E-state index in [0.717, 1.165) is 0 Å². The van der Waals surface area contributed by atoms with Crippen LogP contribution < -0.4 is 0 Å². The molecular weight excluding hydrogens is 214 g/mol. The predicted molar refractivity (Wildman–Crippen MR) is 63.9 cm³/mol. The summed E-state index contributed by atoms with van der Waals surface area (Å²) in [5.74, 6) is -0.00417. The third kappa shape index (κ3) is 1.72. The van der Waals surface area contributed by atoms with Gasteiger partial charge >= 0.3 is 0 Å². The first-order valence-electron chi connectivity index (χ1n) is 5.27. The number of hydrogen-bond acceptors (Lipinski definition) is 3. The molecule has 0 spiro atoms. The summed E-state index contributed by atoms with van der Waals surface area (Å²) in [6.45, 7) is 0. The molecule has 1 heterocycles. The monoisotopic (exact) mass is 223 g/mol. The molecule has 0 saturated heterocycles. The summed E-state index contributed by atoms with van der Waals surface area (Å²) < 4.78 is 5.14. The number of nitrogens with zero attached hydrogens (tertiary/aromatic N) is 1. The van der Waals surface area contributed by atoms with Gasteiger partial charge in [-0.25, -0.2) is 4.98 Å². The van der Waals surface area contributed by atoms with E-state index in [2.05, 4.69) is 4.98 Å². The Balaban J connectivity index is 2.06. The molecule has 82 valence electrons. The second kappa shape index (κ2) is 3.87. The van der Waals surface area contributed by atoms with Gasteiger partial charge in [-0.3, -0.25) is 4.79 Å². The molecule has 3 rings (SSSR count). The highest BCUT2D eigenvalue weighted by atomic mass is 16.3. The first-order valence-corrected chi connectivity index (χ1v) is 5.27. The molecule has 17 heavy (non-hydrogen) atoms. The Labute approximate surface area is 97.7 Å². The number of ketones is 1. The van der Waals surface area contributed by atoms with E-state index in [1.54, 1.807) is 30.3 Å². The van der Waals surface area contributed by atoms with Crippen molar-refractivity contribution >= 4 is 16.9 Å². The summed E-state index contributed by atoms with van der Waals surface area (Å²) in [4.78, 5) is 16.2. The Morgan fingerprint density at radius 3 is 2.65 bits per heavy atom. The van der Waals surface area contributed by atoms with Crippen molar-refractivity contribution in [1.29, 1.82) is 0 Å². The molecule has 0 aliphatic carbocycles. The van der Waals surface area contributed by atoms with E-state index in [4.69, 9.17) is 4.42 Å². The minimum atomic E-state index is -0.00417. The van der Waals surface area contributed by atoms with E-state index in [1.165, 1.54) is 6.39 Å². The topological polar surface area (TPSA) is 43.1 Å². The molecule has 3 heteroatoms. The smallest absolute Gasteiger partial charge is 0.193 e. The summed E-state index contributed by atoms with van der Waals surface area (Å²) in [5, 5.41) is 0. The first kappa shape index (κ1) is 9.78. The van der Waals surface area contributed by atoms with Crippen LogP contribution in [0, 0.1) is 0 Å². The van der Waals surface area contributed by atoms with Gasteiger partial charge in [0.05, 0.1) is 0 Å². The molecule has 0 aliphatic rings. The van der Waals surface area contributed by atoms with E-state index in [1.807, 2.05) is 18.2 Å². The van der Waals surface area contributed by atoms with Crippen LogP contribution in [0.25, 0.3) is 11.1 Å². The van der Waals surface area contributed by atoms with Crippen LogP contribution in [0.15, 0.2) is 59.3 Å². The van der Waals surface area contributed by atoms with E-state index in [9.17, 15) is 4.79 Å². The predicted octanol–water partition coefficient (Wildman–Crippen LogP) is 3.06. The van der Waals surface area contributed by atoms with Crippen molar-refractivity contribution in [2.75, 3.05) is 0 Å². The minimum Gasteiger partial charge on any atom is -0.443 e. The van der Waals surface area contributed by atoms with Gasteiger partial charge in [0, 0.05) is 11.1 Å². The number of rotatable bonds is 2. The maximum absolute atomic E-state index is 12.2. The lowest BCUT2D eigenvalue weighted by atomic mass is 10.0. The molecule has 0 radical (unpaired) electrons. The highest BCUT2D eigenvalue weighted by Crippen LogP contribution is 2.16. The summed E-state index contributed by atoms with van der Waals surface area (Å²) in [5.41, 5.74) is 2.69. The van der Waals surface area contributed by atoms with Crippen LogP contribution >= 0.6 is 0 Å². The fourth-order valence-electron chi connectivity index (χ4n) is 1.76. The van der Waals surface area contributed by atoms with Crippen LogP contribution in [-0.4, -0.2) is 10.8 Å². The van der Waals surface area contributed by atoms with Gasteiger partial charge in [0.15, 0.2) is 17.8 Å². The Morgan fingerprint density at radius 1 is 1.00 bits per heavy atom.